The van der Waals surface area contributed by atoms with Crippen molar-refractivity contribution in [2.45, 2.75) is 13.8 Å². The summed E-state index contributed by atoms with van der Waals surface area (Å²) in [5.74, 6) is 0.572. The van der Waals surface area contributed by atoms with Crippen molar-refractivity contribution in [1.29, 1.82) is 0 Å². The number of carbonyl (C=O) groups excluding carboxylic acids is 1. The number of hydrogen-bond donors (Lipinski definition) is 0. The third-order valence-corrected chi connectivity index (χ3v) is 7.05. The molecule has 6 rings (SSSR count). The lowest BCUT2D eigenvalue weighted by atomic mass is 9.94. The molecular formula is C34H27NO3. The third kappa shape index (κ3) is 3.91. The Morgan fingerprint density at radius 2 is 1.34 bits per heavy atom. The molecule has 0 saturated carbocycles. The Labute approximate surface area is 221 Å². The van der Waals surface area contributed by atoms with Crippen LogP contribution < -0.4 is 4.90 Å². The molecule has 0 unspecified atom stereocenters. The molecule has 0 aliphatic carbocycles. The molecule has 0 atom stereocenters. The fourth-order valence-electron chi connectivity index (χ4n) is 5.29. The van der Waals surface area contributed by atoms with Gasteiger partial charge in [-0.2, -0.15) is 0 Å². The maximum absolute atomic E-state index is 12.7. The van der Waals surface area contributed by atoms with Crippen LogP contribution in [0.5, 0.6) is 0 Å². The summed E-state index contributed by atoms with van der Waals surface area (Å²) in [6.45, 7) is 3.41. The maximum Gasteiger partial charge on any atom is 0.163 e. The number of hydrogen-bond acceptors (Lipinski definition) is 4. The zero-order chi connectivity index (χ0) is 26.2. The van der Waals surface area contributed by atoms with Gasteiger partial charge in [-0.3, -0.25) is 4.79 Å². The van der Waals surface area contributed by atoms with Crippen LogP contribution >= 0.6 is 0 Å². The molecule has 1 aromatic heterocycles. The van der Waals surface area contributed by atoms with Crippen LogP contribution in [0.15, 0.2) is 119 Å². The Morgan fingerprint density at radius 1 is 0.658 bits per heavy atom. The summed E-state index contributed by atoms with van der Waals surface area (Å²) in [6.07, 6.45) is 0. The van der Waals surface area contributed by atoms with E-state index >= 15 is 0 Å². The predicted molar refractivity (Wildman–Crippen MR) is 156 cm³/mol. The Kier molecular flexibility index (Phi) is 5.93. The number of furan rings is 1. The molecule has 4 heteroatoms. The second-order valence-corrected chi connectivity index (χ2v) is 9.32. The van der Waals surface area contributed by atoms with E-state index in [0.717, 1.165) is 55.3 Å². The molecule has 6 aromatic rings. The molecule has 5 aromatic carbocycles. The highest BCUT2D eigenvalue weighted by molar-refractivity contribution is 6.24. The van der Waals surface area contributed by atoms with E-state index in [9.17, 15) is 4.79 Å². The van der Waals surface area contributed by atoms with E-state index in [-0.39, 0.29) is 5.78 Å². The molecule has 0 spiro atoms. The van der Waals surface area contributed by atoms with Gasteiger partial charge >= 0.3 is 0 Å². The van der Waals surface area contributed by atoms with E-state index in [2.05, 4.69) is 59.5 Å². The quantitative estimate of drug-likeness (QED) is 0.170. The van der Waals surface area contributed by atoms with E-state index < -0.39 is 0 Å². The molecule has 186 valence electrons. The second-order valence-electron chi connectivity index (χ2n) is 9.32. The monoisotopic (exact) mass is 497 g/mol. The van der Waals surface area contributed by atoms with Gasteiger partial charge < -0.3 is 14.1 Å². The molecule has 0 fully saturated rings. The van der Waals surface area contributed by atoms with Crippen molar-refractivity contribution in [3.8, 4) is 0 Å². The Bertz CT molecular complexity index is 1850. The minimum atomic E-state index is -0.0301. The number of anilines is 3. The summed E-state index contributed by atoms with van der Waals surface area (Å²) >= 11 is 0. The first-order valence-electron chi connectivity index (χ1n) is 12.6. The number of ketones is 1. The van der Waals surface area contributed by atoms with Gasteiger partial charge in [-0.1, -0.05) is 66.7 Å². The van der Waals surface area contributed by atoms with Crippen molar-refractivity contribution in [2.24, 2.45) is 0 Å². The summed E-state index contributed by atoms with van der Waals surface area (Å²) < 4.78 is 11.7. The highest BCUT2D eigenvalue weighted by Gasteiger charge is 2.20. The van der Waals surface area contributed by atoms with E-state index in [1.807, 2.05) is 61.5 Å². The lowest BCUT2D eigenvalue weighted by Crippen LogP contribution is -2.10. The maximum atomic E-state index is 12.7. The molecule has 0 amide bonds. The first-order valence-corrected chi connectivity index (χ1v) is 12.6. The number of benzene rings is 5. The van der Waals surface area contributed by atoms with Crippen LogP contribution in [-0.2, 0) is 9.53 Å². The predicted octanol–water partition coefficient (Wildman–Crippen LogP) is 9.18. The molecule has 0 radical (unpaired) electrons. The van der Waals surface area contributed by atoms with Crippen molar-refractivity contribution >= 4 is 61.1 Å². The van der Waals surface area contributed by atoms with Gasteiger partial charge in [0.1, 0.15) is 16.9 Å². The highest BCUT2D eigenvalue weighted by Crippen LogP contribution is 2.42. The van der Waals surface area contributed by atoms with Gasteiger partial charge in [-0.15, -0.1) is 0 Å². The lowest BCUT2D eigenvalue weighted by molar-refractivity contribution is -0.111. The number of rotatable bonds is 6. The average molecular weight is 498 g/mol. The van der Waals surface area contributed by atoms with Crippen LogP contribution in [-0.4, -0.2) is 12.9 Å². The second kappa shape index (κ2) is 9.56. The van der Waals surface area contributed by atoms with Crippen LogP contribution in [0.4, 0.5) is 17.1 Å². The van der Waals surface area contributed by atoms with E-state index in [1.165, 1.54) is 0 Å². The molecule has 4 nitrogen and oxygen atoms in total. The zero-order valence-electron chi connectivity index (χ0n) is 21.6. The molecular weight excluding hydrogens is 470 g/mol. The minimum absolute atomic E-state index is 0.0301. The smallest absolute Gasteiger partial charge is 0.163 e. The SMILES string of the molecule is CO/C(C)=C(\C(C)=O)c1cccc2c(N(c3ccccc3)c3ccc4c(c3)oc3ccccc34)cccc12. The number of methoxy groups -OCH3 is 1. The van der Waals surface area contributed by atoms with Crippen molar-refractivity contribution in [2.75, 3.05) is 12.0 Å². The van der Waals surface area contributed by atoms with Crippen molar-refractivity contribution in [3.63, 3.8) is 0 Å². The van der Waals surface area contributed by atoms with E-state index in [1.54, 1.807) is 14.0 Å². The first-order chi connectivity index (χ1) is 18.6. The number of Topliss-reactive ketones (excluding diaryl/α,β-unsaturated/α-hetero) is 1. The first kappa shape index (κ1) is 23.6. The number of allylic oxidation sites excluding steroid dienone is 2. The fourth-order valence-corrected chi connectivity index (χ4v) is 5.29. The number of nitrogens with zero attached hydrogens (tertiary/aromatic N) is 1. The topological polar surface area (TPSA) is 42.7 Å². The standard InChI is InChI=1S/C34H27NO3/c1-22(36)34(23(2)37-3)30-16-9-15-27-26(30)14-10-17-31(27)35(24-11-5-4-6-12-24)25-19-20-29-28-13-7-8-18-32(28)38-33(29)21-25/h4-21H,1-3H3/b34-23+. The summed E-state index contributed by atoms with van der Waals surface area (Å²) in [6, 6.07) is 37.1. The summed E-state index contributed by atoms with van der Waals surface area (Å²) in [5.41, 5.74) is 6.17. The van der Waals surface area contributed by atoms with Crippen LogP contribution in [0, 0.1) is 0 Å². The van der Waals surface area contributed by atoms with Crippen molar-refractivity contribution in [3.05, 3.63) is 121 Å². The van der Waals surface area contributed by atoms with Gasteiger partial charge in [-0.25, -0.2) is 0 Å². The van der Waals surface area contributed by atoms with Crippen LogP contribution in [0.3, 0.4) is 0 Å². The third-order valence-electron chi connectivity index (χ3n) is 7.05. The fraction of sp³-hybridized carbons (Fsp3) is 0.0882. The summed E-state index contributed by atoms with van der Waals surface area (Å²) in [4.78, 5) is 14.9. The van der Waals surface area contributed by atoms with Gasteiger partial charge in [0.25, 0.3) is 0 Å². The normalized spacial score (nSPS) is 12.1. The van der Waals surface area contributed by atoms with Gasteiger partial charge in [0.05, 0.1) is 18.4 Å². The Balaban J connectivity index is 1.61. The number of para-hydroxylation sites is 2. The Morgan fingerprint density at radius 3 is 2.13 bits per heavy atom. The van der Waals surface area contributed by atoms with E-state index in [4.69, 9.17) is 9.15 Å². The molecule has 0 saturated heterocycles. The van der Waals surface area contributed by atoms with Crippen molar-refractivity contribution < 1.29 is 13.9 Å². The van der Waals surface area contributed by atoms with Crippen molar-refractivity contribution in [1.82, 2.24) is 0 Å². The van der Waals surface area contributed by atoms with Gasteiger partial charge in [0, 0.05) is 33.6 Å². The zero-order valence-corrected chi connectivity index (χ0v) is 21.6. The molecule has 0 bridgehead atoms. The average Bonchev–Trinajstić information content (AvgIpc) is 3.32. The lowest BCUT2D eigenvalue weighted by Gasteiger charge is -2.27. The van der Waals surface area contributed by atoms with Gasteiger partial charge in [0.15, 0.2) is 5.78 Å². The molecule has 0 aliphatic rings. The van der Waals surface area contributed by atoms with Crippen LogP contribution in [0.25, 0.3) is 38.3 Å². The molecule has 38 heavy (non-hydrogen) atoms. The minimum Gasteiger partial charge on any atom is -0.501 e. The highest BCUT2D eigenvalue weighted by atomic mass is 16.5. The van der Waals surface area contributed by atoms with Gasteiger partial charge in [-0.05, 0) is 61.2 Å². The largest absolute Gasteiger partial charge is 0.501 e. The molecule has 0 aliphatic heterocycles. The summed E-state index contributed by atoms with van der Waals surface area (Å²) in [5, 5.41) is 4.20. The Hall–Kier alpha value is -4.83. The van der Waals surface area contributed by atoms with E-state index in [0.29, 0.717) is 11.3 Å². The molecule has 0 N–H and O–H groups in total. The number of carbonyl (C=O) groups is 1. The number of fused-ring (bicyclic) bond motifs is 4. The molecule has 1 heterocycles. The summed E-state index contributed by atoms with van der Waals surface area (Å²) in [7, 11) is 1.60. The van der Waals surface area contributed by atoms with Gasteiger partial charge in [0.2, 0.25) is 0 Å². The number of ether oxygens (including phenoxy) is 1. The van der Waals surface area contributed by atoms with Crippen LogP contribution in [0.1, 0.15) is 19.4 Å². The van der Waals surface area contributed by atoms with Crippen LogP contribution in [0.2, 0.25) is 0 Å².